The number of carbonyl (C=O) groups excluding carboxylic acids is 1. The van der Waals surface area contributed by atoms with E-state index in [2.05, 4.69) is 0 Å². The largest absolute Gasteiger partial charge is 0.489 e. The number of halogens is 1. The van der Waals surface area contributed by atoms with Crippen LogP contribution in [0.4, 0.5) is 0 Å². The highest BCUT2D eigenvalue weighted by atomic mass is 35.5. The van der Waals surface area contributed by atoms with Gasteiger partial charge in [-0.2, -0.15) is 0 Å². The zero-order valence-electron chi connectivity index (χ0n) is 11.7. The van der Waals surface area contributed by atoms with Crippen molar-refractivity contribution in [1.29, 1.82) is 0 Å². The standard InChI is InChI=1S/C17H17ClO2/c1-12-3-6-15(17(18)9-12)11-20-16-7-4-14(5-8-16)10-13(2)19/h3-9H,10-11H2,1-2H3. The Bertz CT molecular complexity index is 603. The van der Waals surface area contributed by atoms with Gasteiger partial charge in [-0.1, -0.05) is 35.9 Å². The number of ketones is 1. The summed E-state index contributed by atoms with van der Waals surface area (Å²) < 4.78 is 5.70. The summed E-state index contributed by atoms with van der Waals surface area (Å²) in [5.41, 5.74) is 3.09. The predicted molar refractivity (Wildman–Crippen MR) is 81.3 cm³/mol. The number of rotatable bonds is 5. The lowest BCUT2D eigenvalue weighted by molar-refractivity contribution is -0.116. The highest BCUT2D eigenvalue weighted by molar-refractivity contribution is 6.31. The van der Waals surface area contributed by atoms with Gasteiger partial charge in [-0.3, -0.25) is 4.79 Å². The fourth-order valence-corrected chi connectivity index (χ4v) is 2.21. The zero-order chi connectivity index (χ0) is 14.5. The molecule has 104 valence electrons. The van der Waals surface area contributed by atoms with Gasteiger partial charge in [0.15, 0.2) is 0 Å². The van der Waals surface area contributed by atoms with E-state index in [9.17, 15) is 4.79 Å². The molecule has 2 aromatic carbocycles. The normalized spacial score (nSPS) is 10.3. The summed E-state index contributed by atoms with van der Waals surface area (Å²) in [6.45, 7) is 4.03. The molecule has 2 nitrogen and oxygen atoms in total. The van der Waals surface area contributed by atoms with Gasteiger partial charge < -0.3 is 4.74 Å². The minimum absolute atomic E-state index is 0.158. The van der Waals surface area contributed by atoms with Crippen molar-refractivity contribution in [2.24, 2.45) is 0 Å². The Hall–Kier alpha value is -1.80. The van der Waals surface area contributed by atoms with Crippen LogP contribution in [-0.4, -0.2) is 5.78 Å². The number of aryl methyl sites for hydroxylation is 1. The van der Waals surface area contributed by atoms with E-state index < -0.39 is 0 Å². The summed E-state index contributed by atoms with van der Waals surface area (Å²) in [6.07, 6.45) is 0.462. The second-order valence-electron chi connectivity index (χ2n) is 4.91. The van der Waals surface area contributed by atoms with Crippen LogP contribution in [0.5, 0.6) is 5.75 Å². The van der Waals surface area contributed by atoms with E-state index >= 15 is 0 Å². The number of hydrogen-bond acceptors (Lipinski definition) is 2. The molecule has 2 rings (SSSR count). The molecule has 2 aromatic rings. The first-order valence-corrected chi connectivity index (χ1v) is 6.88. The third kappa shape index (κ3) is 4.10. The van der Waals surface area contributed by atoms with E-state index in [0.717, 1.165) is 27.5 Å². The molecule has 0 N–H and O–H groups in total. The minimum atomic E-state index is 0.158. The van der Waals surface area contributed by atoms with E-state index in [1.807, 2.05) is 49.4 Å². The monoisotopic (exact) mass is 288 g/mol. The fourth-order valence-electron chi connectivity index (χ4n) is 1.92. The predicted octanol–water partition coefficient (Wildman–Crippen LogP) is 4.36. The van der Waals surface area contributed by atoms with Crippen LogP contribution in [0.15, 0.2) is 42.5 Å². The summed E-state index contributed by atoms with van der Waals surface area (Å²) in [6, 6.07) is 13.5. The molecule has 0 aliphatic carbocycles. The van der Waals surface area contributed by atoms with Crippen LogP contribution in [0, 0.1) is 6.92 Å². The lowest BCUT2D eigenvalue weighted by atomic mass is 10.1. The Morgan fingerprint density at radius 1 is 1.15 bits per heavy atom. The van der Waals surface area contributed by atoms with Crippen molar-refractivity contribution in [2.75, 3.05) is 0 Å². The van der Waals surface area contributed by atoms with Crippen molar-refractivity contribution in [1.82, 2.24) is 0 Å². The molecule has 3 heteroatoms. The average Bonchev–Trinajstić information content (AvgIpc) is 2.39. The molecule has 0 radical (unpaired) electrons. The molecule has 0 saturated heterocycles. The SMILES string of the molecule is CC(=O)Cc1ccc(OCc2ccc(C)cc2Cl)cc1. The molecule has 0 bridgehead atoms. The van der Waals surface area contributed by atoms with Gasteiger partial charge in [0.1, 0.15) is 18.1 Å². The van der Waals surface area contributed by atoms with E-state index in [-0.39, 0.29) is 5.78 Å². The molecule has 0 spiro atoms. The molecule has 0 aromatic heterocycles. The van der Waals surface area contributed by atoms with Crippen LogP contribution in [0.3, 0.4) is 0 Å². The van der Waals surface area contributed by atoms with Gasteiger partial charge in [0, 0.05) is 17.0 Å². The quantitative estimate of drug-likeness (QED) is 0.817. The molecular formula is C17H17ClO2. The molecule has 0 atom stereocenters. The molecule has 0 aliphatic rings. The lowest BCUT2D eigenvalue weighted by Crippen LogP contribution is -1.98. The Labute approximate surface area is 124 Å². The fraction of sp³-hybridized carbons (Fsp3) is 0.235. The Balaban J connectivity index is 1.98. The van der Waals surface area contributed by atoms with Crippen LogP contribution in [0.25, 0.3) is 0 Å². The van der Waals surface area contributed by atoms with Gasteiger partial charge in [-0.15, -0.1) is 0 Å². The first-order valence-electron chi connectivity index (χ1n) is 6.51. The summed E-state index contributed by atoms with van der Waals surface area (Å²) in [5.74, 6) is 0.930. The number of ether oxygens (including phenoxy) is 1. The maximum atomic E-state index is 11.0. The second kappa shape index (κ2) is 6.58. The lowest BCUT2D eigenvalue weighted by Gasteiger charge is -2.09. The van der Waals surface area contributed by atoms with Crippen LogP contribution in [-0.2, 0) is 17.8 Å². The minimum Gasteiger partial charge on any atom is -0.489 e. The molecule has 0 amide bonds. The number of Topliss-reactive ketones (excluding diaryl/α,β-unsaturated/α-hetero) is 1. The highest BCUT2D eigenvalue weighted by Gasteiger charge is 2.03. The van der Waals surface area contributed by atoms with E-state index in [4.69, 9.17) is 16.3 Å². The molecule has 0 aliphatic heterocycles. The maximum absolute atomic E-state index is 11.0. The van der Waals surface area contributed by atoms with Crippen LogP contribution < -0.4 is 4.74 Å². The van der Waals surface area contributed by atoms with E-state index in [1.165, 1.54) is 0 Å². The third-order valence-electron chi connectivity index (χ3n) is 2.98. The first-order chi connectivity index (χ1) is 9.54. The van der Waals surface area contributed by atoms with Crippen molar-refractivity contribution < 1.29 is 9.53 Å². The number of carbonyl (C=O) groups is 1. The maximum Gasteiger partial charge on any atom is 0.134 e. The van der Waals surface area contributed by atoms with Crippen molar-refractivity contribution in [2.45, 2.75) is 26.9 Å². The molecule has 20 heavy (non-hydrogen) atoms. The van der Waals surface area contributed by atoms with Gasteiger partial charge in [-0.25, -0.2) is 0 Å². The van der Waals surface area contributed by atoms with Crippen LogP contribution in [0.1, 0.15) is 23.6 Å². The summed E-state index contributed by atoms with van der Waals surface area (Å²) >= 11 is 6.16. The number of benzene rings is 2. The van der Waals surface area contributed by atoms with Gasteiger partial charge in [0.05, 0.1) is 0 Å². The first kappa shape index (κ1) is 14.6. The second-order valence-corrected chi connectivity index (χ2v) is 5.31. The summed E-state index contributed by atoms with van der Waals surface area (Å²) in [5, 5.41) is 0.721. The molecule has 0 unspecified atom stereocenters. The average molecular weight is 289 g/mol. The molecule has 0 saturated carbocycles. The summed E-state index contributed by atoms with van der Waals surface area (Å²) in [4.78, 5) is 11.0. The topological polar surface area (TPSA) is 26.3 Å². The Morgan fingerprint density at radius 3 is 2.45 bits per heavy atom. The molecular weight excluding hydrogens is 272 g/mol. The molecule has 0 fully saturated rings. The van der Waals surface area contributed by atoms with Crippen LogP contribution in [0.2, 0.25) is 5.02 Å². The smallest absolute Gasteiger partial charge is 0.134 e. The van der Waals surface area contributed by atoms with Crippen LogP contribution >= 0.6 is 11.6 Å². The van der Waals surface area contributed by atoms with Crippen molar-refractivity contribution in [3.63, 3.8) is 0 Å². The van der Waals surface area contributed by atoms with Gasteiger partial charge in [-0.05, 0) is 43.2 Å². The van der Waals surface area contributed by atoms with Crippen molar-refractivity contribution in [3.8, 4) is 5.75 Å². The zero-order valence-corrected chi connectivity index (χ0v) is 12.4. The Kier molecular flexibility index (Phi) is 4.80. The summed E-state index contributed by atoms with van der Waals surface area (Å²) in [7, 11) is 0. The van der Waals surface area contributed by atoms with Gasteiger partial charge >= 0.3 is 0 Å². The van der Waals surface area contributed by atoms with Crippen molar-refractivity contribution >= 4 is 17.4 Å². The highest BCUT2D eigenvalue weighted by Crippen LogP contribution is 2.20. The molecule has 0 heterocycles. The number of hydrogen-bond donors (Lipinski definition) is 0. The van der Waals surface area contributed by atoms with E-state index in [0.29, 0.717) is 13.0 Å². The van der Waals surface area contributed by atoms with Gasteiger partial charge in [0.25, 0.3) is 0 Å². The third-order valence-corrected chi connectivity index (χ3v) is 3.33. The Morgan fingerprint density at radius 2 is 1.85 bits per heavy atom. The van der Waals surface area contributed by atoms with Crippen molar-refractivity contribution in [3.05, 3.63) is 64.2 Å². The van der Waals surface area contributed by atoms with Gasteiger partial charge in [0.2, 0.25) is 0 Å². The van der Waals surface area contributed by atoms with E-state index in [1.54, 1.807) is 6.92 Å².